The summed E-state index contributed by atoms with van der Waals surface area (Å²) < 4.78 is 5.08. The number of rotatable bonds is 9. The van der Waals surface area contributed by atoms with Crippen LogP contribution in [-0.2, 0) is 24.0 Å². The highest BCUT2D eigenvalue weighted by atomic mass is 16.7. The average molecular weight is 353 g/mol. The van der Waals surface area contributed by atoms with Crippen molar-refractivity contribution in [3.8, 4) is 0 Å². The Hall–Kier alpha value is -1.31. The molecule has 0 aromatic rings. The van der Waals surface area contributed by atoms with Crippen molar-refractivity contribution in [1.29, 1.82) is 0 Å². The summed E-state index contributed by atoms with van der Waals surface area (Å²) >= 11 is 0. The van der Waals surface area contributed by atoms with Crippen LogP contribution in [-0.4, -0.2) is 113 Å². The van der Waals surface area contributed by atoms with Crippen LogP contribution in [0.3, 0.4) is 0 Å². The summed E-state index contributed by atoms with van der Waals surface area (Å²) in [6.07, 6.45) is -6.88. The van der Waals surface area contributed by atoms with E-state index in [1.54, 1.807) is 0 Å². The highest BCUT2D eigenvalue weighted by Gasteiger charge is 2.33. The predicted molar refractivity (Wildman–Crippen MR) is 76.6 cm³/mol. The highest BCUT2D eigenvalue weighted by Crippen LogP contribution is 2.10. The molecular formula is C13H23NO10. The van der Waals surface area contributed by atoms with E-state index < -0.39 is 37.1 Å². The molecule has 11 nitrogen and oxygen atoms in total. The molecular weight excluding hydrogens is 330 g/mol. The van der Waals surface area contributed by atoms with Gasteiger partial charge in [-0.15, -0.1) is 0 Å². The molecule has 140 valence electrons. The Balaban J connectivity index is 0.000000754. The fraction of sp³-hybridized carbons (Fsp3) is 0.769. The Bertz CT molecular complexity index is 355. The van der Waals surface area contributed by atoms with Gasteiger partial charge in [0.25, 0.3) is 0 Å². The van der Waals surface area contributed by atoms with Gasteiger partial charge < -0.3 is 35.1 Å². The Kier molecular flexibility index (Phi) is 12.3. The van der Waals surface area contributed by atoms with Crippen LogP contribution in [0, 0.1) is 0 Å². The number of carbonyl (C=O) groups excluding carboxylic acids is 3. The molecule has 1 aliphatic rings. The zero-order valence-electron chi connectivity index (χ0n) is 12.9. The highest BCUT2D eigenvalue weighted by molar-refractivity contribution is 5.79. The lowest BCUT2D eigenvalue weighted by atomic mass is 10.0. The molecule has 11 heteroatoms. The molecule has 1 saturated heterocycles. The van der Waals surface area contributed by atoms with Crippen molar-refractivity contribution in [1.82, 2.24) is 5.06 Å². The van der Waals surface area contributed by atoms with Crippen molar-refractivity contribution in [2.75, 3.05) is 32.9 Å². The van der Waals surface area contributed by atoms with Gasteiger partial charge in [-0.1, -0.05) is 0 Å². The van der Waals surface area contributed by atoms with Crippen LogP contribution in [0.25, 0.3) is 0 Å². The molecule has 0 bridgehead atoms. The summed E-state index contributed by atoms with van der Waals surface area (Å²) in [6, 6.07) is 0. The Morgan fingerprint density at radius 3 is 1.88 bits per heavy atom. The smallest absolute Gasteiger partial charge is 0.164 e. The second-order valence-corrected chi connectivity index (χ2v) is 4.74. The van der Waals surface area contributed by atoms with Crippen molar-refractivity contribution < 1.29 is 49.5 Å². The molecule has 0 aromatic carbocycles. The van der Waals surface area contributed by atoms with Crippen molar-refractivity contribution in [2.24, 2.45) is 0 Å². The van der Waals surface area contributed by atoms with E-state index in [1.807, 2.05) is 0 Å². The first-order valence-corrected chi connectivity index (χ1v) is 7.09. The van der Waals surface area contributed by atoms with Gasteiger partial charge in [-0.3, -0.25) is 14.4 Å². The van der Waals surface area contributed by atoms with E-state index in [0.717, 1.165) is 0 Å². The molecule has 4 atom stereocenters. The second-order valence-electron chi connectivity index (χ2n) is 4.74. The number of nitrogens with zero attached hydrogens (tertiary/aromatic N) is 1. The lowest BCUT2D eigenvalue weighted by Gasteiger charge is -2.31. The summed E-state index contributed by atoms with van der Waals surface area (Å²) in [4.78, 5) is 34.5. The van der Waals surface area contributed by atoms with E-state index in [0.29, 0.717) is 32.6 Å². The van der Waals surface area contributed by atoms with Crippen molar-refractivity contribution in [3.63, 3.8) is 0 Å². The molecule has 1 fully saturated rings. The van der Waals surface area contributed by atoms with Crippen LogP contribution < -0.4 is 0 Å². The van der Waals surface area contributed by atoms with Gasteiger partial charge >= 0.3 is 0 Å². The minimum Gasteiger partial charge on any atom is -0.394 e. The lowest BCUT2D eigenvalue weighted by molar-refractivity contribution is -0.247. The minimum atomic E-state index is -1.66. The van der Waals surface area contributed by atoms with Crippen LogP contribution in [0.4, 0.5) is 0 Å². The molecule has 0 spiro atoms. The predicted octanol–water partition coefficient (Wildman–Crippen LogP) is -4.36. The standard InChI is InChI=1S/C10H19NO7.C3H4O3/c12-5-7(14)9(15)10(16)8(6-13)18-11-1-3-17-4-2-11;4-1-3(6)2-5/h6-10,12,14-16H,1-5H2;1-3,6H. The maximum atomic E-state index is 10.8. The van der Waals surface area contributed by atoms with Gasteiger partial charge in [0.05, 0.1) is 19.8 Å². The average Bonchev–Trinajstić information content (AvgIpc) is 2.64. The number of aldehydes is 3. The van der Waals surface area contributed by atoms with E-state index in [4.69, 9.17) is 19.8 Å². The van der Waals surface area contributed by atoms with Crippen molar-refractivity contribution >= 4 is 18.9 Å². The first kappa shape index (κ1) is 22.7. The van der Waals surface area contributed by atoms with Crippen LogP contribution >= 0.6 is 0 Å². The first-order valence-electron chi connectivity index (χ1n) is 7.09. The molecule has 0 amide bonds. The van der Waals surface area contributed by atoms with E-state index in [-0.39, 0.29) is 12.6 Å². The zero-order chi connectivity index (χ0) is 18.5. The van der Waals surface area contributed by atoms with Crippen LogP contribution in [0.1, 0.15) is 0 Å². The second kappa shape index (κ2) is 13.0. The molecule has 24 heavy (non-hydrogen) atoms. The molecule has 0 radical (unpaired) electrons. The Morgan fingerprint density at radius 1 is 0.958 bits per heavy atom. The first-order chi connectivity index (χ1) is 11.4. The zero-order valence-corrected chi connectivity index (χ0v) is 12.9. The van der Waals surface area contributed by atoms with Gasteiger partial charge in [0.1, 0.15) is 18.3 Å². The van der Waals surface area contributed by atoms with Crippen LogP contribution in [0.15, 0.2) is 0 Å². The molecule has 1 rings (SSSR count). The Labute approximate surface area is 138 Å². The maximum absolute atomic E-state index is 10.8. The third-order valence-electron chi connectivity index (χ3n) is 2.92. The van der Waals surface area contributed by atoms with Crippen LogP contribution in [0.5, 0.6) is 0 Å². The third-order valence-corrected chi connectivity index (χ3v) is 2.92. The minimum absolute atomic E-state index is 0.160. The molecule has 4 unspecified atom stereocenters. The fourth-order valence-corrected chi connectivity index (χ4v) is 1.55. The summed E-state index contributed by atoms with van der Waals surface area (Å²) in [5.41, 5.74) is 0. The molecule has 0 saturated carbocycles. The maximum Gasteiger partial charge on any atom is 0.164 e. The van der Waals surface area contributed by atoms with Gasteiger partial charge in [0.15, 0.2) is 31.1 Å². The number of morpholine rings is 1. The summed E-state index contributed by atoms with van der Waals surface area (Å²) in [6.45, 7) is 1.06. The Morgan fingerprint density at radius 2 is 1.50 bits per heavy atom. The third kappa shape index (κ3) is 8.52. The summed E-state index contributed by atoms with van der Waals surface area (Å²) in [7, 11) is 0. The van der Waals surface area contributed by atoms with Gasteiger partial charge in [-0.2, -0.15) is 5.06 Å². The number of hydrogen-bond donors (Lipinski definition) is 5. The van der Waals surface area contributed by atoms with Gasteiger partial charge in [-0.05, 0) is 0 Å². The molecule has 0 aromatic heterocycles. The van der Waals surface area contributed by atoms with E-state index >= 15 is 0 Å². The molecule has 1 heterocycles. The number of ether oxygens (including phenoxy) is 1. The number of aliphatic hydroxyl groups is 5. The number of aliphatic hydroxyl groups excluding tert-OH is 5. The SMILES string of the molecule is O=CC(O)C=O.O=CC(ON1CCOCC1)C(O)C(O)C(O)CO. The van der Waals surface area contributed by atoms with Gasteiger partial charge in [-0.25, -0.2) is 0 Å². The normalized spacial score (nSPS) is 20.2. The summed E-state index contributed by atoms with van der Waals surface area (Å²) in [5.74, 6) is 0. The van der Waals surface area contributed by atoms with Gasteiger partial charge in [0.2, 0.25) is 0 Å². The molecule has 1 aliphatic heterocycles. The van der Waals surface area contributed by atoms with E-state index in [2.05, 4.69) is 0 Å². The fourth-order valence-electron chi connectivity index (χ4n) is 1.55. The largest absolute Gasteiger partial charge is 0.394 e. The lowest BCUT2D eigenvalue weighted by Crippen LogP contribution is -2.50. The molecule has 5 N–H and O–H groups in total. The van der Waals surface area contributed by atoms with Gasteiger partial charge in [0, 0.05) is 13.1 Å². The monoisotopic (exact) mass is 353 g/mol. The topological polar surface area (TPSA) is 174 Å². The van der Waals surface area contributed by atoms with E-state index in [1.165, 1.54) is 5.06 Å². The van der Waals surface area contributed by atoms with Crippen LogP contribution in [0.2, 0.25) is 0 Å². The quantitative estimate of drug-likeness (QED) is 0.200. The number of hydrogen-bond acceptors (Lipinski definition) is 11. The van der Waals surface area contributed by atoms with Crippen molar-refractivity contribution in [3.05, 3.63) is 0 Å². The number of carbonyl (C=O) groups is 3. The summed E-state index contributed by atoms with van der Waals surface area (Å²) in [5, 5.41) is 46.4. The number of hydroxylamine groups is 2. The van der Waals surface area contributed by atoms with Crippen molar-refractivity contribution in [2.45, 2.75) is 30.5 Å². The van der Waals surface area contributed by atoms with E-state index in [9.17, 15) is 29.7 Å². The molecule has 0 aliphatic carbocycles.